The molecule has 0 aliphatic rings. The number of pyridine rings is 1. The van der Waals surface area contributed by atoms with E-state index in [1.807, 2.05) is 17.5 Å². The molecule has 0 aromatic carbocycles. The van der Waals surface area contributed by atoms with Gasteiger partial charge in [-0.05, 0) is 17.5 Å². The van der Waals surface area contributed by atoms with Crippen molar-refractivity contribution < 1.29 is 17.7 Å². The molecule has 0 spiro atoms. The molecular weight excluding hydrogens is 371 g/mol. The summed E-state index contributed by atoms with van der Waals surface area (Å²) in [6.07, 6.45) is -3.72. The van der Waals surface area contributed by atoms with Crippen molar-refractivity contribution in [1.82, 2.24) is 15.1 Å². The number of alkyl halides is 3. The summed E-state index contributed by atoms with van der Waals surface area (Å²) in [5.41, 5.74) is -0.883. The second-order valence-corrected chi connectivity index (χ2v) is 6.61. The van der Waals surface area contributed by atoms with Crippen molar-refractivity contribution in [3.63, 3.8) is 0 Å². The van der Waals surface area contributed by atoms with E-state index < -0.39 is 11.7 Å². The molecule has 4 nitrogen and oxygen atoms in total. The number of aromatic nitrogens is 3. The molecule has 0 radical (unpaired) electrons. The van der Waals surface area contributed by atoms with E-state index in [1.165, 1.54) is 11.3 Å². The Morgan fingerprint density at radius 3 is 2.83 bits per heavy atom. The third kappa shape index (κ3) is 3.85. The molecule has 3 heterocycles. The molecule has 0 N–H and O–H groups in total. The summed E-state index contributed by atoms with van der Waals surface area (Å²) >= 11 is 8.45. The Bertz CT molecular complexity index is 805. The SMILES string of the molecule is FC(F)(F)c1cnc(SCc2noc(-c3cccs3)n2)c(Cl)c1. The van der Waals surface area contributed by atoms with Gasteiger partial charge in [0.1, 0.15) is 5.03 Å². The lowest BCUT2D eigenvalue weighted by Crippen LogP contribution is -2.05. The van der Waals surface area contributed by atoms with Crippen molar-refractivity contribution in [2.24, 2.45) is 0 Å². The van der Waals surface area contributed by atoms with E-state index >= 15 is 0 Å². The van der Waals surface area contributed by atoms with Gasteiger partial charge in [-0.1, -0.05) is 34.6 Å². The van der Waals surface area contributed by atoms with E-state index in [4.69, 9.17) is 16.1 Å². The lowest BCUT2D eigenvalue weighted by molar-refractivity contribution is -0.137. The molecule has 0 saturated heterocycles. The van der Waals surface area contributed by atoms with Crippen LogP contribution in [0.3, 0.4) is 0 Å². The smallest absolute Gasteiger partial charge is 0.333 e. The van der Waals surface area contributed by atoms with Crippen LogP contribution < -0.4 is 0 Å². The lowest BCUT2D eigenvalue weighted by atomic mass is 10.3. The van der Waals surface area contributed by atoms with Gasteiger partial charge in [0.2, 0.25) is 0 Å². The largest absolute Gasteiger partial charge is 0.417 e. The molecule has 120 valence electrons. The fourth-order valence-corrected chi connectivity index (χ4v) is 3.31. The topological polar surface area (TPSA) is 51.8 Å². The van der Waals surface area contributed by atoms with Gasteiger partial charge in [-0.3, -0.25) is 0 Å². The number of thioether (sulfide) groups is 1. The second kappa shape index (κ2) is 6.50. The second-order valence-electron chi connectivity index (χ2n) is 4.29. The van der Waals surface area contributed by atoms with E-state index in [0.717, 1.165) is 28.9 Å². The fraction of sp³-hybridized carbons (Fsp3) is 0.154. The molecule has 0 atom stereocenters. The van der Waals surface area contributed by atoms with E-state index in [0.29, 0.717) is 11.7 Å². The van der Waals surface area contributed by atoms with Crippen LogP contribution in [0.15, 0.2) is 39.3 Å². The van der Waals surface area contributed by atoms with Crippen molar-refractivity contribution in [1.29, 1.82) is 0 Å². The quantitative estimate of drug-likeness (QED) is 0.588. The maximum atomic E-state index is 12.6. The summed E-state index contributed by atoms with van der Waals surface area (Å²) < 4.78 is 42.8. The maximum absolute atomic E-state index is 12.6. The highest BCUT2D eigenvalue weighted by atomic mass is 35.5. The van der Waals surface area contributed by atoms with Gasteiger partial charge < -0.3 is 4.52 Å². The Morgan fingerprint density at radius 1 is 1.35 bits per heavy atom. The monoisotopic (exact) mass is 377 g/mol. The van der Waals surface area contributed by atoms with Gasteiger partial charge in [-0.2, -0.15) is 18.2 Å². The standard InChI is InChI=1S/C13H7ClF3N3OS2/c14-8-4-7(13(15,16)17)5-18-12(8)23-6-10-19-11(21-20-10)9-2-1-3-22-9/h1-5H,6H2. The summed E-state index contributed by atoms with van der Waals surface area (Å²) in [7, 11) is 0. The third-order valence-electron chi connectivity index (χ3n) is 2.67. The van der Waals surface area contributed by atoms with Crippen LogP contribution in [0.4, 0.5) is 13.2 Å². The van der Waals surface area contributed by atoms with Crippen molar-refractivity contribution in [3.05, 3.63) is 46.2 Å². The minimum absolute atomic E-state index is 0.0631. The van der Waals surface area contributed by atoms with Crippen LogP contribution in [0.5, 0.6) is 0 Å². The summed E-state index contributed by atoms with van der Waals surface area (Å²) in [4.78, 5) is 8.81. The van der Waals surface area contributed by atoms with Gasteiger partial charge >= 0.3 is 6.18 Å². The number of hydrogen-bond acceptors (Lipinski definition) is 6. The Kier molecular flexibility index (Phi) is 4.60. The minimum atomic E-state index is -4.47. The number of halogens is 4. The van der Waals surface area contributed by atoms with Crippen LogP contribution in [-0.4, -0.2) is 15.1 Å². The van der Waals surface area contributed by atoms with Gasteiger partial charge in [0.15, 0.2) is 5.82 Å². The zero-order valence-electron chi connectivity index (χ0n) is 11.2. The Labute approximate surface area is 141 Å². The van der Waals surface area contributed by atoms with Crippen molar-refractivity contribution in [2.45, 2.75) is 17.0 Å². The average Bonchev–Trinajstić information content (AvgIpc) is 3.16. The molecular formula is C13H7ClF3N3OS2. The van der Waals surface area contributed by atoms with Crippen LogP contribution >= 0.6 is 34.7 Å². The fourth-order valence-electron chi connectivity index (χ4n) is 1.63. The minimum Gasteiger partial charge on any atom is -0.333 e. The van der Waals surface area contributed by atoms with E-state index in [2.05, 4.69) is 15.1 Å². The summed E-state index contributed by atoms with van der Waals surface area (Å²) in [6, 6.07) is 4.57. The summed E-state index contributed by atoms with van der Waals surface area (Å²) in [6.45, 7) is 0. The summed E-state index contributed by atoms with van der Waals surface area (Å²) in [5.74, 6) is 1.10. The van der Waals surface area contributed by atoms with Gasteiger partial charge in [0, 0.05) is 6.20 Å². The number of rotatable bonds is 4. The van der Waals surface area contributed by atoms with E-state index in [9.17, 15) is 13.2 Å². The zero-order valence-corrected chi connectivity index (χ0v) is 13.6. The third-order valence-corrected chi connectivity index (χ3v) is 4.93. The van der Waals surface area contributed by atoms with Gasteiger partial charge in [-0.15, -0.1) is 11.3 Å². The Morgan fingerprint density at radius 2 is 2.17 bits per heavy atom. The molecule has 0 aliphatic heterocycles. The predicted octanol–water partition coefficient (Wildman–Crippen LogP) is 5.16. The first-order chi connectivity index (χ1) is 10.9. The molecule has 0 fully saturated rings. The number of nitrogens with zero attached hydrogens (tertiary/aromatic N) is 3. The van der Waals surface area contributed by atoms with Gasteiger partial charge in [0.05, 0.1) is 21.2 Å². The molecule has 3 aromatic rings. The first-order valence-electron chi connectivity index (χ1n) is 6.15. The molecule has 10 heteroatoms. The van der Waals surface area contributed by atoms with Crippen LogP contribution in [0.25, 0.3) is 10.8 Å². The highest BCUT2D eigenvalue weighted by molar-refractivity contribution is 7.98. The first-order valence-corrected chi connectivity index (χ1v) is 8.40. The first kappa shape index (κ1) is 16.3. The van der Waals surface area contributed by atoms with Crippen LogP contribution in [0.1, 0.15) is 11.4 Å². The highest BCUT2D eigenvalue weighted by Gasteiger charge is 2.31. The van der Waals surface area contributed by atoms with Crippen LogP contribution in [-0.2, 0) is 11.9 Å². The molecule has 0 unspecified atom stereocenters. The van der Waals surface area contributed by atoms with Crippen LogP contribution in [0.2, 0.25) is 5.02 Å². The lowest BCUT2D eigenvalue weighted by Gasteiger charge is -2.08. The number of hydrogen-bond donors (Lipinski definition) is 0. The molecule has 3 rings (SSSR count). The van der Waals surface area contributed by atoms with Crippen molar-refractivity contribution in [3.8, 4) is 10.8 Å². The predicted molar refractivity (Wildman–Crippen MR) is 81.4 cm³/mol. The van der Waals surface area contributed by atoms with Crippen molar-refractivity contribution in [2.75, 3.05) is 0 Å². The van der Waals surface area contributed by atoms with E-state index in [1.54, 1.807) is 0 Å². The molecule has 3 aromatic heterocycles. The molecule has 0 aliphatic carbocycles. The van der Waals surface area contributed by atoms with Crippen molar-refractivity contribution >= 4 is 34.7 Å². The van der Waals surface area contributed by atoms with Gasteiger partial charge in [0.25, 0.3) is 5.89 Å². The zero-order chi connectivity index (χ0) is 16.4. The molecule has 0 amide bonds. The molecule has 0 saturated carbocycles. The van der Waals surface area contributed by atoms with Gasteiger partial charge in [-0.25, -0.2) is 4.98 Å². The average molecular weight is 378 g/mol. The van der Waals surface area contributed by atoms with E-state index in [-0.39, 0.29) is 15.8 Å². The summed E-state index contributed by atoms with van der Waals surface area (Å²) in [5, 5.41) is 5.93. The normalized spacial score (nSPS) is 11.8. The molecule has 0 bridgehead atoms. The Hall–Kier alpha value is -1.58. The molecule has 23 heavy (non-hydrogen) atoms. The number of thiophene rings is 1. The maximum Gasteiger partial charge on any atom is 0.417 e. The Balaban J connectivity index is 1.69. The van der Waals surface area contributed by atoms with Crippen LogP contribution in [0, 0.1) is 0 Å². The highest BCUT2D eigenvalue weighted by Crippen LogP contribution is 2.34.